The first-order valence-corrected chi connectivity index (χ1v) is 6.72. The predicted molar refractivity (Wildman–Crippen MR) is 67.9 cm³/mol. The van der Waals surface area contributed by atoms with Gasteiger partial charge in [0.2, 0.25) is 0 Å². The Labute approximate surface area is 102 Å². The summed E-state index contributed by atoms with van der Waals surface area (Å²) in [5.41, 5.74) is 2.85. The van der Waals surface area contributed by atoms with E-state index in [1.165, 1.54) is 36.8 Å². The molecule has 0 aromatic heterocycles. The molecule has 1 N–H and O–H groups in total. The molecule has 1 heterocycles. The lowest BCUT2D eigenvalue weighted by atomic mass is 9.80. The van der Waals surface area contributed by atoms with Gasteiger partial charge >= 0.3 is 0 Å². The van der Waals surface area contributed by atoms with E-state index in [0.717, 1.165) is 24.0 Å². The van der Waals surface area contributed by atoms with Crippen molar-refractivity contribution in [2.24, 2.45) is 5.92 Å². The van der Waals surface area contributed by atoms with E-state index in [2.05, 4.69) is 17.4 Å². The highest BCUT2D eigenvalue weighted by Crippen LogP contribution is 2.42. The molecular weight excluding hydrogens is 218 g/mol. The SMILES string of the molecule is Clc1cccc2c1C(C1CCCC1)CNC2. The van der Waals surface area contributed by atoms with Crippen LogP contribution in [0.2, 0.25) is 5.02 Å². The average molecular weight is 236 g/mol. The molecule has 16 heavy (non-hydrogen) atoms. The van der Waals surface area contributed by atoms with Crippen molar-refractivity contribution >= 4 is 11.6 Å². The second-order valence-corrected chi connectivity index (χ2v) is 5.50. The van der Waals surface area contributed by atoms with Crippen molar-refractivity contribution in [3.63, 3.8) is 0 Å². The summed E-state index contributed by atoms with van der Waals surface area (Å²) in [5, 5.41) is 4.52. The van der Waals surface area contributed by atoms with E-state index < -0.39 is 0 Å². The van der Waals surface area contributed by atoms with Crippen molar-refractivity contribution in [2.75, 3.05) is 6.54 Å². The van der Waals surface area contributed by atoms with Crippen molar-refractivity contribution in [1.82, 2.24) is 5.32 Å². The molecule has 0 saturated heterocycles. The van der Waals surface area contributed by atoms with Gasteiger partial charge in [0.1, 0.15) is 0 Å². The summed E-state index contributed by atoms with van der Waals surface area (Å²) in [7, 11) is 0. The Balaban J connectivity index is 1.98. The monoisotopic (exact) mass is 235 g/mol. The van der Waals surface area contributed by atoms with Crippen LogP contribution >= 0.6 is 11.6 Å². The van der Waals surface area contributed by atoms with Crippen molar-refractivity contribution in [3.05, 3.63) is 34.3 Å². The summed E-state index contributed by atoms with van der Waals surface area (Å²) in [6.07, 6.45) is 5.58. The first kappa shape index (κ1) is 10.6. The van der Waals surface area contributed by atoms with E-state index in [-0.39, 0.29) is 0 Å². The van der Waals surface area contributed by atoms with Crippen LogP contribution in [-0.4, -0.2) is 6.54 Å². The number of nitrogens with one attached hydrogen (secondary N) is 1. The molecular formula is C14H18ClN. The van der Waals surface area contributed by atoms with Crippen LogP contribution < -0.4 is 5.32 Å². The minimum absolute atomic E-state index is 0.653. The van der Waals surface area contributed by atoms with Crippen LogP contribution in [0.3, 0.4) is 0 Å². The summed E-state index contributed by atoms with van der Waals surface area (Å²) >= 11 is 6.39. The lowest BCUT2D eigenvalue weighted by Gasteiger charge is -2.31. The Hall–Kier alpha value is -0.530. The average Bonchev–Trinajstić information content (AvgIpc) is 2.82. The number of benzene rings is 1. The molecule has 2 heteroatoms. The molecule has 1 saturated carbocycles. The fourth-order valence-electron chi connectivity index (χ4n) is 3.38. The second-order valence-electron chi connectivity index (χ2n) is 5.09. The molecule has 1 aromatic carbocycles. The maximum atomic E-state index is 6.39. The molecule has 1 fully saturated rings. The zero-order valence-corrected chi connectivity index (χ0v) is 10.3. The maximum absolute atomic E-state index is 6.39. The lowest BCUT2D eigenvalue weighted by molar-refractivity contribution is 0.391. The Morgan fingerprint density at radius 3 is 2.81 bits per heavy atom. The van der Waals surface area contributed by atoms with Crippen LogP contribution in [0.25, 0.3) is 0 Å². The third-order valence-corrected chi connectivity index (χ3v) is 4.49. The molecule has 1 unspecified atom stereocenters. The van der Waals surface area contributed by atoms with Crippen LogP contribution in [-0.2, 0) is 6.54 Å². The Kier molecular flexibility index (Phi) is 2.91. The molecule has 0 radical (unpaired) electrons. The van der Waals surface area contributed by atoms with E-state index in [1.807, 2.05) is 6.07 Å². The molecule has 2 aliphatic rings. The van der Waals surface area contributed by atoms with Gasteiger partial charge in [0.15, 0.2) is 0 Å². The van der Waals surface area contributed by atoms with Crippen molar-refractivity contribution in [1.29, 1.82) is 0 Å². The minimum atomic E-state index is 0.653. The molecule has 1 nitrogen and oxygen atoms in total. The lowest BCUT2D eigenvalue weighted by Crippen LogP contribution is -2.31. The van der Waals surface area contributed by atoms with Crippen molar-refractivity contribution in [3.8, 4) is 0 Å². The molecule has 86 valence electrons. The standard InChI is InChI=1S/C14H18ClN/c15-13-7-3-6-11-8-16-9-12(14(11)13)10-4-1-2-5-10/h3,6-7,10,12,16H,1-2,4-5,8-9H2. The summed E-state index contributed by atoms with van der Waals surface area (Å²) in [6.45, 7) is 2.10. The van der Waals surface area contributed by atoms with Gasteiger partial charge in [-0.1, -0.05) is 36.6 Å². The van der Waals surface area contributed by atoms with E-state index in [0.29, 0.717) is 5.92 Å². The van der Waals surface area contributed by atoms with E-state index in [4.69, 9.17) is 11.6 Å². The summed E-state index contributed by atoms with van der Waals surface area (Å²) in [5.74, 6) is 1.51. The second kappa shape index (κ2) is 4.38. The number of hydrogen-bond donors (Lipinski definition) is 1. The van der Waals surface area contributed by atoms with Crippen LogP contribution in [0.15, 0.2) is 18.2 Å². The highest BCUT2D eigenvalue weighted by molar-refractivity contribution is 6.31. The topological polar surface area (TPSA) is 12.0 Å². The quantitative estimate of drug-likeness (QED) is 0.783. The van der Waals surface area contributed by atoms with Gasteiger partial charge in [-0.2, -0.15) is 0 Å². The number of halogens is 1. The smallest absolute Gasteiger partial charge is 0.0444 e. The zero-order valence-electron chi connectivity index (χ0n) is 9.51. The van der Waals surface area contributed by atoms with Gasteiger partial charge in [-0.25, -0.2) is 0 Å². The van der Waals surface area contributed by atoms with Gasteiger partial charge in [0, 0.05) is 24.0 Å². The third kappa shape index (κ3) is 1.76. The Morgan fingerprint density at radius 1 is 1.19 bits per heavy atom. The fourth-order valence-corrected chi connectivity index (χ4v) is 3.71. The maximum Gasteiger partial charge on any atom is 0.0444 e. The minimum Gasteiger partial charge on any atom is -0.312 e. The van der Waals surface area contributed by atoms with Gasteiger partial charge in [0.05, 0.1) is 0 Å². The molecule has 1 aliphatic carbocycles. The number of fused-ring (bicyclic) bond motifs is 1. The molecule has 3 rings (SSSR count). The molecule has 1 atom stereocenters. The van der Waals surface area contributed by atoms with Crippen LogP contribution in [0.5, 0.6) is 0 Å². The third-order valence-electron chi connectivity index (χ3n) is 4.16. The van der Waals surface area contributed by atoms with E-state index in [1.54, 1.807) is 0 Å². The van der Waals surface area contributed by atoms with Gasteiger partial charge in [-0.05, 0) is 36.0 Å². The fraction of sp³-hybridized carbons (Fsp3) is 0.571. The van der Waals surface area contributed by atoms with Crippen LogP contribution in [0.1, 0.15) is 42.7 Å². The summed E-state index contributed by atoms with van der Waals surface area (Å²) in [4.78, 5) is 0. The van der Waals surface area contributed by atoms with Crippen LogP contribution in [0, 0.1) is 5.92 Å². The van der Waals surface area contributed by atoms with Gasteiger partial charge < -0.3 is 5.32 Å². The predicted octanol–water partition coefficient (Wildman–Crippen LogP) is 3.72. The molecule has 0 spiro atoms. The molecule has 1 aromatic rings. The Bertz CT molecular complexity index is 382. The first-order valence-electron chi connectivity index (χ1n) is 6.34. The largest absolute Gasteiger partial charge is 0.312 e. The first-order chi connectivity index (χ1) is 7.86. The zero-order chi connectivity index (χ0) is 11.0. The van der Waals surface area contributed by atoms with Gasteiger partial charge in [0.25, 0.3) is 0 Å². The number of rotatable bonds is 1. The summed E-state index contributed by atoms with van der Waals surface area (Å²) < 4.78 is 0. The highest BCUT2D eigenvalue weighted by Gasteiger charge is 2.31. The van der Waals surface area contributed by atoms with E-state index in [9.17, 15) is 0 Å². The van der Waals surface area contributed by atoms with E-state index >= 15 is 0 Å². The summed E-state index contributed by atoms with van der Waals surface area (Å²) in [6, 6.07) is 6.34. The highest BCUT2D eigenvalue weighted by atomic mass is 35.5. The number of hydrogen-bond acceptors (Lipinski definition) is 1. The molecule has 0 bridgehead atoms. The van der Waals surface area contributed by atoms with Gasteiger partial charge in [-0.15, -0.1) is 0 Å². The normalized spacial score (nSPS) is 25.7. The van der Waals surface area contributed by atoms with Gasteiger partial charge in [-0.3, -0.25) is 0 Å². The molecule has 0 amide bonds. The van der Waals surface area contributed by atoms with Crippen LogP contribution in [0.4, 0.5) is 0 Å². The van der Waals surface area contributed by atoms with Crippen molar-refractivity contribution in [2.45, 2.75) is 38.1 Å². The Morgan fingerprint density at radius 2 is 2.00 bits per heavy atom. The molecule has 1 aliphatic heterocycles. The van der Waals surface area contributed by atoms with Crippen molar-refractivity contribution < 1.29 is 0 Å².